The van der Waals surface area contributed by atoms with Crippen LogP contribution in [-0.2, 0) is 33.4 Å². The summed E-state index contributed by atoms with van der Waals surface area (Å²) < 4.78 is 14.6. The number of hydrogen-bond acceptors (Lipinski definition) is 8. The van der Waals surface area contributed by atoms with E-state index in [4.69, 9.17) is 19.3 Å². The summed E-state index contributed by atoms with van der Waals surface area (Å²) in [6.45, 7) is 10.4. The number of carbonyl (C=O) groups is 4. The fourth-order valence-corrected chi connectivity index (χ4v) is 1.82. The molecular weight excluding hydrogens is 358 g/mol. The lowest BCUT2D eigenvalue weighted by molar-refractivity contribution is -0.175. The van der Waals surface area contributed by atoms with E-state index in [0.29, 0.717) is 25.9 Å². The minimum Gasteiger partial charge on any atom is -0.478 e. The zero-order valence-corrected chi connectivity index (χ0v) is 17.2. The van der Waals surface area contributed by atoms with Gasteiger partial charge in [-0.25, -0.2) is 4.79 Å². The van der Waals surface area contributed by atoms with Crippen molar-refractivity contribution >= 4 is 23.9 Å². The molecule has 0 atom stereocenters. The van der Waals surface area contributed by atoms with Gasteiger partial charge in [0.05, 0.1) is 19.8 Å². The fourth-order valence-electron chi connectivity index (χ4n) is 1.82. The van der Waals surface area contributed by atoms with Crippen molar-refractivity contribution in [1.82, 2.24) is 4.90 Å². The second-order valence-corrected chi connectivity index (χ2v) is 5.95. The van der Waals surface area contributed by atoms with E-state index in [1.54, 1.807) is 4.90 Å². The third-order valence-electron chi connectivity index (χ3n) is 3.08. The SMILES string of the molecule is CC.CC(=O)OCCCN(CCCOC(C)=O)CC(=O)OC(C)(C)C(=O)O. The zero-order chi connectivity index (χ0) is 21.5. The summed E-state index contributed by atoms with van der Waals surface area (Å²) in [5.41, 5.74) is -1.61. The summed E-state index contributed by atoms with van der Waals surface area (Å²) in [6.07, 6.45) is 1.01. The van der Waals surface area contributed by atoms with Crippen molar-refractivity contribution in [3.63, 3.8) is 0 Å². The van der Waals surface area contributed by atoms with Crippen molar-refractivity contribution in [1.29, 1.82) is 0 Å². The lowest BCUT2D eigenvalue weighted by Gasteiger charge is -2.25. The standard InChI is InChI=1S/C16H27NO8.C2H6/c1-12(18)23-9-5-7-17(8-6-10-24-13(2)19)11-14(20)25-16(3,4)15(21)22;1-2/h5-11H2,1-4H3,(H,21,22);1-2H3. The van der Waals surface area contributed by atoms with Crippen molar-refractivity contribution in [3.05, 3.63) is 0 Å². The molecule has 0 aromatic carbocycles. The maximum absolute atomic E-state index is 12.0. The quantitative estimate of drug-likeness (QED) is 0.301. The van der Waals surface area contributed by atoms with E-state index in [1.165, 1.54) is 27.7 Å². The summed E-state index contributed by atoms with van der Waals surface area (Å²) in [5, 5.41) is 8.99. The maximum atomic E-state index is 12.0. The number of hydrogen-bond donors (Lipinski definition) is 1. The van der Waals surface area contributed by atoms with Crippen molar-refractivity contribution < 1.29 is 38.5 Å². The van der Waals surface area contributed by atoms with Crippen LogP contribution in [0, 0.1) is 0 Å². The van der Waals surface area contributed by atoms with E-state index in [-0.39, 0.29) is 31.7 Å². The van der Waals surface area contributed by atoms with Crippen molar-refractivity contribution in [2.24, 2.45) is 0 Å². The first kappa shape index (κ1) is 27.1. The minimum atomic E-state index is -1.61. The number of carbonyl (C=O) groups excluding carboxylic acids is 3. The Balaban J connectivity index is 0. The van der Waals surface area contributed by atoms with Gasteiger partial charge in [0.2, 0.25) is 5.60 Å². The van der Waals surface area contributed by atoms with Gasteiger partial charge in [-0.3, -0.25) is 19.3 Å². The summed E-state index contributed by atoms with van der Waals surface area (Å²) in [7, 11) is 0. The van der Waals surface area contributed by atoms with Crippen LogP contribution in [0.3, 0.4) is 0 Å². The predicted octanol–water partition coefficient (Wildman–Crippen LogP) is 1.63. The number of rotatable bonds is 12. The van der Waals surface area contributed by atoms with Gasteiger partial charge in [0.1, 0.15) is 0 Å². The van der Waals surface area contributed by atoms with E-state index >= 15 is 0 Å². The van der Waals surface area contributed by atoms with Crippen LogP contribution >= 0.6 is 0 Å². The van der Waals surface area contributed by atoms with Crippen LogP contribution in [0.1, 0.15) is 54.4 Å². The number of esters is 3. The van der Waals surface area contributed by atoms with Crippen LogP contribution in [0.15, 0.2) is 0 Å². The average molecular weight is 391 g/mol. The summed E-state index contributed by atoms with van der Waals surface area (Å²) in [5.74, 6) is -2.68. The molecule has 9 heteroatoms. The molecule has 0 bridgehead atoms. The lowest BCUT2D eigenvalue weighted by atomic mass is 10.1. The van der Waals surface area contributed by atoms with Crippen LogP contribution < -0.4 is 0 Å². The molecule has 0 amide bonds. The molecule has 0 aliphatic carbocycles. The lowest BCUT2D eigenvalue weighted by Crippen LogP contribution is -2.41. The van der Waals surface area contributed by atoms with E-state index in [0.717, 1.165) is 0 Å². The summed E-state index contributed by atoms with van der Waals surface area (Å²) in [6, 6.07) is 0. The Morgan fingerprint density at radius 1 is 0.889 bits per heavy atom. The Morgan fingerprint density at radius 2 is 1.30 bits per heavy atom. The average Bonchev–Trinajstić information content (AvgIpc) is 2.55. The fraction of sp³-hybridized carbons (Fsp3) is 0.778. The van der Waals surface area contributed by atoms with Gasteiger partial charge in [-0.15, -0.1) is 0 Å². The Bertz CT molecular complexity index is 454. The molecule has 0 fully saturated rings. The largest absolute Gasteiger partial charge is 0.478 e. The van der Waals surface area contributed by atoms with Crippen molar-refractivity contribution in [2.45, 2.75) is 60.0 Å². The third-order valence-corrected chi connectivity index (χ3v) is 3.08. The van der Waals surface area contributed by atoms with E-state index < -0.39 is 17.5 Å². The molecule has 0 saturated carbocycles. The van der Waals surface area contributed by atoms with E-state index in [1.807, 2.05) is 13.8 Å². The van der Waals surface area contributed by atoms with Gasteiger partial charge in [0.15, 0.2) is 0 Å². The minimum absolute atomic E-state index is 0.114. The second-order valence-electron chi connectivity index (χ2n) is 5.95. The number of ether oxygens (including phenoxy) is 3. The molecule has 0 rings (SSSR count). The van der Waals surface area contributed by atoms with Crippen LogP contribution in [0.25, 0.3) is 0 Å². The van der Waals surface area contributed by atoms with Crippen LogP contribution in [-0.4, -0.2) is 72.3 Å². The Morgan fingerprint density at radius 3 is 1.63 bits per heavy atom. The van der Waals surface area contributed by atoms with Crippen LogP contribution in [0.5, 0.6) is 0 Å². The van der Waals surface area contributed by atoms with Gasteiger partial charge in [-0.1, -0.05) is 13.8 Å². The molecule has 0 aliphatic rings. The monoisotopic (exact) mass is 391 g/mol. The van der Waals surface area contributed by atoms with Crippen molar-refractivity contribution in [2.75, 3.05) is 32.8 Å². The molecule has 0 radical (unpaired) electrons. The molecular formula is C18H33NO8. The number of carboxylic acids is 1. The van der Waals surface area contributed by atoms with Gasteiger partial charge in [-0.05, 0) is 26.7 Å². The highest BCUT2D eigenvalue weighted by atomic mass is 16.6. The molecule has 0 saturated heterocycles. The van der Waals surface area contributed by atoms with Gasteiger partial charge in [-0.2, -0.15) is 0 Å². The molecule has 0 aromatic rings. The molecule has 27 heavy (non-hydrogen) atoms. The van der Waals surface area contributed by atoms with Crippen molar-refractivity contribution in [3.8, 4) is 0 Å². The highest BCUT2D eigenvalue weighted by molar-refractivity contribution is 5.81. The first-order valence-corrected chi connectivity index (χ1v) is 8.99. The van der Waals surface area contributed by atoms with Gasteiger partial charge < -0.3 is 19.3 Å². The Hall–Kier alpha value is -2.16. The molecule has 158 valence electrons. The molecule has 0 spiro atoms. The maximum Gasteiger partial charge on any atom is 0.347 e. The molecule has 0 aliphatic heterocycles. The topological polar surface area (TPSA) is 119 Å². The molecule has 1 N–H and O–H groups in total. The summed E-state index contributed by atoms with van der Waals surface area (Å²) in [4.78, 5) is 46.2. The molecule has 0 aromatic heterocycles. The predicted molar refractivity (Wildman–Crippen MR) is 98.1 cm³/mol. The number of carboxylic acid groups (broad SMARTS) is 1. The van der Waals surface area contributed by atoms with Crippen LogP contribution in [0.2, 0.25) is 0 Å². The Kier molecular flexibility index (Phi) is 15.0. The number of nitrogens with zero attached hydrogens (tertiary/aromatic N) is 1. The smallest absolute Gasteiger partial charge is 0.347 e. The van der Waals surface area contributed by atoms with Crippen LogP contribution in [0.4, 0.5) is 0 Å². The zero-order valence-electron chi connectivity index (χ0n) is 17.2. The molecule has 0 unspecified atom stereocenters. The first-order valence-electron chi connectivity index (χ1n) is 8.99. The highest BCUT2D eigenvalue weighted by Gasteiger charge is 2.32. The second kappa shape index (κ2) is 15.0. The highest BCUT2D eigenvalue weighted by Crippen LogP contribution is 2.10. The number of aliphatic carboxylic acids is 1. The first-order chi connectivity index (χ1) is 12.5. The summed E-state index contributed by atoms with van der Waals surface area (Å²) >= 11 is 0. The van der Waals surface area contributed by atoms with Gasteiger partial charge >= 0.3 is 23.9 Å². The molecule has 0 heterocycles. The van der Waals surface area contributed by atoms with E-state index in [9.17, 15) is 19.2 Å². The normalized spacial score (nSPS) is 10.5. The van der Waals surface area contributed by atoms with Gasteiger partial charge in [0.25, 0.3) is 0 Å². The Labute approximate surface area is 160 Å². The third kappa shape index (κ3) is 15.8. The van der Waals surface area contributed by atoms with Gasteiger partial charge in [0, 0.05) is 26.9 Å². The van der Waals surface area contributed by atoms with E-state index in [2.05, 4.69) is 0 Å². The molecule has 9 nitrogen and oxygen atoms in total.